The second-order valence-electron chi connectivity index (χ2n) is 7.89. The van der Waals surface area contributed by atoms with Crippen molar-refractivity contribution in [2.75, 3.05) is 6.61 Å². The average molecular weight is 434 g/mol. The third-order valence-corrected chi connectivity index (χ3v) is 5.56. The van der Waals surface area contributed by atoms with E-state index in [2.05, 4.69) is 32.2 Å². The van der Waals surface area contributed by atoms with Crippen LogP contribution in [0.3, 0.4) is 0 Å². The van der Waals surface area contributed by atoms with Gasteiger partial charge in [-0.25, -0.2) is 15.0 Å². The fraction of sp³-hybridized carbons (Fsp3) is 0.375. The van der Waals surface area contributed by atoms with E-state index in [0.717, 1.165) is 19.3 Å². The summed E-state index contributed by atoms with van der Waals surface area (Å²) in [6.07, 6.45) is 12.5. The predicted molar refractivity (Wildman–Crippen MR) is 120 cm³/mol. The molecule has 3 aromatic rings. The Balaban J connectivity index is 1.46. The zero-order valence-electron chi connectivity index (χ0n) is 18.3. The third-order valence-electron chi connectivity index (χ3n) is 5.56. The van der Waals surface area contributed by atoms with Gasteiger partial charge in [0.15, 0.2) is 11.6 Å². The van der Waals surface area contributed by atoms with Crippen molar-refractivity contribution in [3.63, 3.8) is 0 Å². The smallest absolute Gasteiger partial charge is 0.262 e. The van der Waals surface area contributed by atoms with Crippen molar-refractivity contribution in [3.8, 4) is 28.8 Å². The topological polar surface area (TPSA) is 99.1 Å². The van der Waals surface area contributed by atoms with Crippen molar-refractivity contribution in [2.24, 2.45) is 5.92 Å². The van der Waals surface area contributed by atoms with E-state index >= 15 is 0 Å². The molecule has 1 aliphatic rings. The standard InChI is InChI=1S/C24H27N5O3/c1-3-31-21-9-6-10-26-24(21)32-19-11-17(12-25-15-19)22-27-13-18(14-28-22)23(30)29-20-8-5-4-7-16(20)2/h6,9-16,20H,3-5,7-8H2,1-2H3,(H,29,30)/t16-,20+/m1/s1. The number of nitrogens with one attached hydrogen (secondary N) is 1. The molecule has 0 saturated heterocycles. The lowest BCUT2D eigenvalue weighted by Crippen LogP contribution is -2.41. The van der Waals surface area contributed by atoms with Gasteiger partial charge < -0.3 is 14.8 Å². The van der Waals surface area contributed by atoms with Crippen LogP contribution >= 0.6 is 0 Å². The van der Waals surface area contributed by atoms with Gasteiger partial charge in [0.2, 0.25) is 0 Å². The molecular formula is C24H27N5O3. The molecule has 0 aromatic carbocycles. The van der Waals surface area contributed by atoms with Crippen LogP contribution in [0.5, 0.6) is 17.4 Å². The molecule has 1 saturated carbocycles. The molecule has 2 atom stereocenters. The fourth-order valence-corrected chi connectivity index (χ4v) is 3.80. The molecular weight excluding hydrogens is 406 g/mol. The summed E-state index contributed by atoms with van der Waals surface area (Å²) in [7, 11) is 0. The highest BCUT2D eigenvalue weighted by Gasteiger charge is 2.23. The summed E-state index contributed by atoms with van der Waals surface area (Å²) < 4.78 is 11.4. The minimum absolute atomic E-state index is 0.135. The SMILES string of the molecule is CCOc1cccnc1Oc1cncc(-c2ncc(C(=O)N[C@H]3CCCC[C@H]3C)cn2)c1. The molecule has 1 N–H and O–H groups in total. The molecule has 1 aliphatic carbocycles. The zero-order chi connectivity index (χ0) is 22.3. The van der Waals surface area contributed by atoms with Crippen LogP contribution in [0.2, 0.25) is 0 Å². The fourth-order valence-electron chi connectivity index (χ4n) is 3.80. The summed E-state index contributed by atoms with van der Waals surface area (Å²) in [5.74, 6) is 2.21. The molecule has 0 spiro atoms. The minimum atomic E-state index is -0.135. The highest BCUT2D eigenvalue weighted by atomic mass is 16.5. The number of pyridine rings is 2. The molecule has 0 aliphatic heterocycles. The van der Waals surface area contributed by atoms with Gasteiger partial charge in [-0.05, 0) is 43.9 Å². The Bertz CT molecular complexity index is 1060. The molecule has 3 aromatic heterocycles. The van der Waals surface area contributed by atoms with Gasteiger partial charge in [0.05, 0.1) is 18.4 Å². The maximum absolute atomic E-state index is 12.6. The van der Waals surface area contributed by atoms with Crippen LogP contribution in [0.15, 0.2) is 49.2 Å². The molecule has 3 heterocycles. The number of carbonyl (C=O) groups excluding carboxylic acids is 1. The van der Waals surface area contributed by atoms with Crippen LogP contribution in [-0.2, 0) is 0 Å². The molecule has 32 heavy (non-hydrogen) atoms. The Kier molecular flexibility index (Phi) is 6.89. The van der Waals surface area contributed by atoms with Gasteiger partial charge in [-0.3, -0.25) is 9.78 Å². The average Bonchev–Trinajstić information content (AvgIpc) is 2.82. The highest BCUT2D eigenvalue weighted by molar-refractivity contribution is 5.93. The summed E-state index contributed by atoms with van der Waals surface area (Å²) in [4.78, 5) is 29.8. The molecule has 4 rings (SSSR count). The lowest BCUT2D eigenvalue weighted by Gasteiger charge is -2.29. The highest BCUT2D eigenvalue weighted by Crippen LogP contribution is 2.30. The Hall–Kier alpha value is -3.55. The summed E-state index contributed by atoms with van der Waals surface area (Å²) >= 11 is 0. The first-order valence-electron chi connectivity index (χ1n) is 11.0. The summed E-state index contributed by atoms with van der Waals surface area (Å²) in [5.41, 5.74) is 1.12. The Labute approximate surface area is 187 Å². The van der Waals surface area contributed by atoms with Crippen molar-refractivity contribution in [3.05, 3.63) is 54.7 Å². The van der Waals surface area contributed by atoms with E-state index in [4.69, 9.17) is 9.47 Å². The first kappa shape index (κ1) is 21.7. The van der Waals surface area contributed by atoms with Gasteiger partial charge in [0, 0.05) is 36.4 Å². The molecule has 0 bridgehead atoms. The molecule has 166 valence electrons. The van der Waals surface area contributed by atoms with E-state index in [1.807, 2.05) is 6.92 Å². The minimum Gasteiger partial charge on any atom is -0.488 e. The maximum Gasteiger partial charge on any atom is 0.262 e. The van der Waals surface area contributed by atoms with Crippen LogP contribution in [0.4, 0.5) is 0 Å². The monoisotopic (exact) mass is 433 g/mol. The first-order valence-corrected chi connectivity index (χ1v) is 11.0. The van der Waals surface area contributed by atoms with Gasteiger partial charge in [0.1, 0.15) is 5.75 Å². The number of hydrogen-bond donors (Lipinski definition) is 1. The van der Waals surface area contributed by atoms with Crippen LogP contribution in [0.25, 0.3) is 11.4 Å². The molecule has 0 radical (unpaired) electrons. The lowest BCUT2D eigenvalue weighted by molar-refractivity contribution is 0.0909. The van der Waals surface area contributed by atoms with Crippen LogP contribution < -0.4 is 14.8 Å². The van der Waals surface area contributed by atoms with Crippen LogP contribution in [-0.4, -0.2) is 38.5 Å². The number of nitrogens with zero attached hydrogens (tertiary/aromatic N) is 4. The predicted octanol–water partition coefficient (Wildman–Crippen LogP) is 4.43. The van der Waals surface area contributed by atoms with Crippen molar-refractivity contribution in [2.45, 2.75) is 45.6 Å². The van der Waals surface area contributed by atoms with E-state index in [-0.39, 0.29) is 11.9 Å². The molecule has 8 heteroatoms. The molecule has 0 unspecified atom stereocenters. The largest absolute Gasteiger partial charge is 0.488 e. The van der Waals surface area contributed by atoms with Crippen molar-refractivity contribution < 1.29 is 14.3 Å². The number of aromatic nitrogens is 4. The number of rotatable bonds is 7. The van der Waals surface area contributed by atoms with Gasteiger partial charge in [0.25, 0.3) is 11.8 Å². The van der Waals surface area contributed by atoms with Crippen molar-refractivity contribution >= 4 is 5.91 Å². The summed E-state index contributed by atoms with van der Waals surface area (Å²) in [6, 6.07) is 5.56. The van der Waals surface area contributed by atoms with Gasteiger partial charge in [-0.15, -0.1) is 0 Å². The number of hydrogen-bond acceptors (Lipinski definition) is 7. The Morgan fingerprint density at radius 2 is 1.94 bits per heavy atom. The van der Waals surface area contributed by atoms with E-state index in [1.54, 1.807) is 49.2 Å². The normalized spacial score (nSPS) is 18.1. The number of ether oxygens (including phenoxy) is 2. The molecule has 1 fully saturated rings. The maximum atomic E-state index is 12.6. The Morgan fingerprint density at radius 1 is 1.12 bits per heavy atom. The van der Waals surface area contributed by atoms with Crippen LogP contribution in [0.1, 0.15) is 49.9 Å². The van der Waals surface area contributed by atoms with E-state index in [1.165, 1.54) is 6.42 Å². The van der Waals surface area contributed by atoms with Gasteiger partial charge >= 0.3 is 0 Å². The van der Waals surface area contributed by atoms with Gasteiger partial charge in [-0.2, -0.15) is 0 Å². The van der Waals surface area contributed by atoms with E-state index in [9.17, 15) is 4.79 Å². The second-order valence-corrected chi connectivity index (χ2v) is 7.89. The van der Waals surface area contributed by atoms with Crippen molar-refractivity contribution in [1.82, 2.24) is 25.3 Å². The quantitative estimate of drug-likeness (QED) is 0.588. The third kappa shape index (κ3) is 5.19. The van der Waals surface area contributed by atoms with Crippen LogP contribution in [0, 0.1) is 5.92 Å². The lowest BCUT2D eigenvalue weighted by atomic mass is 9.86. The summed E-state index contributed by atoms with van der Waals surface area (Å²) in [5, 5.41) is 3.13. The molecule has 1 amide bonds. The van der Waals surface area contributed by atoms with Gasteiger partial charge in [-0.1, -0.05) is 19.8 Å². The molecule has 8 nitrogen and oxygen atoms in total. The zero-order valence-corrected chi connectivity index (χ0v) is 18.3. The van der Waals surface area contributed by atoms with E-state index < -0.39 is 0 Å². The summed E-state index contributed by atoms with van der Waals surface area (Å²) in [6.45, 7) is 4.60. The van der Waals surface area contributed by atoms with E-state index in [0.29, 0.717) is 46.9 Å². The number of amides is 1. The Morgan fingerprint density at radius 3 is 2.72 bits per heavy atom. The van der Waals surface area contributed by atoms with Crippen molar-refractivity contribution in [1.29, 1.82) is 0 Å². The number of carbonyl (C=O) groups is 1. The first-order chi connectivity index (χ1) is 15.6. The second kappa shape index (κ2) is 10.2.